The maximum atomic E-state index is 11.1. The number of aromatic carboxylic acids is 1. The van der Waals surface area contributed by atoms with Crippen LogP contribution in [0.4, 0.5) is 0 Å². The molecule has 0 aliphatic rings. The van der Waals surface area contributed by atoms with Crippen molar-refractivity contribution in [1.29, 1.82) is 0 Å². The molecule has 4 heteroatoms. The van der Waals surface area contributed by atoms with Gasteiger partial charge in [0.05, 0.1) is 16.6 Å². The number of hydrogen-bond acceptors (Lipinski definition) is 2. The van der Waals surface area contributed by atoms with E-state index in [2.05, 4.69) is 60.7 Å². The highest BCUT2D eigenvalue weighted by Crippen LogP contribution is 2.30. The quantitative estimate of drug-likeness (QED) is 0.504. The molecule has 4 rings (SSSR count). The molecule has 0 saturated carbocycles. The summed E-state index contributed by atoms with van der Waals surface area (Å²) in [6, 6.07) is 21.5. The molecule has 0 spiro atoms. The monoisotopic (exact) mass is 370 g/mol. The van der Waals surface area contributed by atoms with Crippen molar-refractivity contribution in [2.45, 2.75) is 26.2 Å². The minimum absolute atomic E-state index is 0.116. The zero-order chi connectivity index (χ0) is 19.9. The molecule has 1 heterocycles. The fraction of sp³-hybridized carbons (Fsp3) is 0.167. The van der Waals surface area contributed by atoms with E-state index < -0.39 is 5.97 Å². The Bertz CT molecular complexity index is 1150. The van der Waals surface area contributed by atoms with Crippen LogP contribution in [0, 0.1) is 0 Å². The largest absolute Gasteiger partial charge is 0.478 e. The van der Waals surface area contributed by atoms with Gasteiger partial charge < -0.3 is 5.11 Å². The SMILES string of the molecule is CC(C)(C)c1ccc(-n2cnc3c(-c4ccc(C(=O)O)cc4)cccc32)cc1. The van der Waals surface area contributed by atoms with Crippen molar-refractivity contribution in [3.63, 3.8) is 0 Å². The van der Waals surface area contributed by atoms with Gasteiger partial charge in [0.25, 0.3) is 0 Å². The molecule has 0 amide bonds. The average Bonchev–Trinajstić information content (AvgIpc) is 3.11. The third kappa shape index (κ3) is 3.18. The fourth-order valence-electron chi connectivity index (χ4n) is 3.39. The van der Waals surface area contributed by atoms with Gasteiger partial charge in [0.1, 0.15) is 6.33 Å². The van der Waals surface area contributed by atoms with Crippen molar-refractivity contribution < 1.29 is 9.90 Å². The topological polar surface area (TPSA) is 55.1 Å². The van der Waals surface area contributed by atoms with Crippen molar-refractivity contribution >= 4 is 17.0 Å². The van der Waals surface area contributed by atoms with Gasteiger partial charge in [0.15, 0.2) is 0 Å². The number of fused-ring (bicyclic) bond motifs is 1. The minimum atomic E-state index is -0.923. The Kier molecular flexibility index (Phi) is 4.27. The van der Waals surface area contributed by atoms with Crippen LogP contribution in [0.25, 0.3) is 27.8 Å². The van der Waals surface area contributed by atoms with Crippen molar-refractivity contribution in [3.05, 3.63) is 84.2 Å². The molecule has 0 atom stereocenters. The Morgan fingerprint density at radius 3 is 2.21 bits per heavy atom. The molecule has 1 N–H and O–H groups in total. The number of carbonyl (C=O) groups is 1. The second-order valence-electron chi connectivity index (χ2n) is 7.97. The number of aromatic nitrogens is 2. The smallest absolute Gasteiger partial charge is 0.335 e. The van der Waals surface area contributed by atoms with Crippen LogP contribution in [-0.4, -0.2) is 20.6 Å². The van der Waals surface area contributed by atoms with E-state index in [1.165, 1.54) is 5.56 Å². The van der Waals surface area contributed by atoms with Crippen LogP contribution in [0.2, 0.25) is 0 Å². The molecule has 4 nitrogen and oxygen atoms in total. The summed E-state index contributed by atoms with van der Waals surface area (Å²) in [7, 11) is 0. The number of carboxylic acids is 1. The molecule has 3 aromatic carbocycles. The maximum Gasteiger partial charge on any atom is 0.335 e. The minimum Gasteiger partial charge on any atom is -0.478 e. The Balaban J connectivity index is 1.77. The van der Waals surface area contributed by atoms with Crippen LogP contribution >= 0.6 is 0 Å². The van der Waals surface area contributed by atoms with E-state index in [9.17, 15) is 4.79 Å². The van der Waals surface area contributed by atoms with Gasteiger partial charge in [-0.3, -0.25) is 4.57 Å². The summed E-state index contributed by atoms with van der Waals surface area (Å²) in [5.41, 5.74) is 6.59. The third-order valence-corrected chi connectivity index (χ3v) is 5.03. The van der Waals surface area contributed by atoms with Crippen LogP contribution in [0.15, 0.2) is 73.1 Å². The molecule has 0 aliphatic heterocycles. The van der Waals surface area contributed by atoms with Crippen LogP contribution in [0.1, 0.15) is 36.7 Å². The molecule has 0 aliphatic carbocycles. The number of carboxylic acid groups (broad SMARTS) is 1. The lowest BCUT2D eigenvalue weighted by molar-refractivity contribution is 0.0697. The summed E-state index contributed by atoms with van der Waals surface area (Å²) in [6.45, 7) is 6.61. The number of rotatable bonds is 3. The van der Waals surface area contributed by atoms with Gasteiger partial charge >= 0.3 is 5.97 Å². The summed E-state index contributed by atoms with van der Waals surface area (Å²) < 4.78 is 2.08. The predicted octanol–water partition coefficient (Wildman–Crippen LogP) is 5.69. The first-order chi connectivity index (χ1) is 13.3. The second kappa shape index (κ2) is 6.64. The molecule has 0 radical (unpaired) electrons. The first-order valence-corrected chi connectivity index (χ1v) is 9.25. The van der Waals surface area contributed by atoms with E-state index in [0.717, 1.165) is 27.8 Å². The number of para-hydroxylation sites is 1. The summed E-state index contributed by atoms with van der Waals surface area (Å²) in [4.78, 5) is 15.7. The third-order valence-electron chi connectivity index (χ3n) is 5.03. The second-order valence-corrected chi connectivity index (χ2v) is 7.97. The Morgan fingerprint density at radius 1 is 0.929 bits per heavy atom. The lowest BCUT2D eigenvalue weighted by atomic mass is 9.87. The molecule has 0 saturated heterocycles. The van der Waals surface area contributed by atoms with E-state index in [-0.39, 0.29) is 11.0 Å². The molecule has 140 valence electrons. The highest BCUT2D eigenvalue weighted by Gasteiger charge is 2.14. The molecule has 1 aromatic heterocycles. The summed E-state index contributed by atoms with van der Waals surface area (Å²) in [5.74, 6) is -0.923. The average molecular weight is 370 g/mol. The number of hydrogen-bond donors (Lipinski definition) is 1. The standard InChI is InChI=1S/C24H22N2O2/c1-24(2,3)18-11-13-19(14-12-18)26-15-25-22-20(5-4-6-21(22)26)16-7-9-17(10-8-16)23(27)28/h4-15H,1-3H3,(H,27,28). The van der Waals surface area contributed by atoms with E-state index in [4.69, 9.17) is 5.11 Å². The summed E-state index contributed by atoms with van der Waals surface area (Å²) >= 11 is 0. The molecular weight excluding hydrogens is 348 g/mol. The van der Waals surface area contributed by atoms with Gasteiger partial charge in [-0.05, 0) is 46.9 Å². The lowest BCUT2D eigenvalue weighted by Gasteiger charge is -2.19. The van der Waals surface area contributed by atoms with Crippen LogP contribution < -0.4 is 0 Å². The van der Waals surface area contributed by atoms with Crippen LogP contribution in [0.3, 0.4) is 0 Å². The van der Waals surface area contributed by atoms with Crippen molar-refractivity contribution in [1.82, 2.24) is 9.55 Å². The van der Waals surface area contributed by atoms with Crippen molar-refractivity contribution in [2.75, 3.05) is 0 Å². The van der Waals surface area contributed by atoms with Gasteiger partial charge in [0.2, 0.25) is 0 Å². The number of imidazole rings is 1. The van der Waals surface area contributed by atoms with E-state index in [1.54, 1.807) is 12.1 Å². The molecule has 0 fully saturated rings. The van der Waals surface area contributed by atoms with Gasteiger partial charge in [-0.25, -0.2) is 9.78 Å². The van der Waals surface area contributed by atoms with Crippen molar-refractivity contribution in [3.8, 4) is 16.8 Å². The Labute approximate surface area is 164 Å². The molecule has 0 bridgehead atoms. The van der Waals surface area contributed by atoms with Gasteiger partial charge in [-0.15, -0.1) is 0 Å². The summed E-state index contributed by atoms with van der Waals surface area (Å²) in [6.07, 6.45) is 1.84. The predicted molar refractivity (Wildman–Crippen MR) is 112 cm³/mol. The first-order valence-electron chi connectivity index (χ1n) is 9.25. The lowest BCUT2D eigenvalue weighted by Crippen LogP contribution is -2.10. The highest BCUT2D eigenvalue weighted by molar-refractivity contribution is 5.94. The molecule has 28 heavy (non-hydrogen) atoms. The van der Waals surface area contributed by atoms with Crippen molar-refractivity contribution in [2.24, 2.45) is 0 Å². The van der Waals surface area contributed by atoms with Crippen LogP contribution in [0.5, 0.6) is 0 Å². The van der Waals surface area contributed by atoms with E-state index >= 15 is 0 Å². The zero-order valence-corrected chi connectivity index (χ0v) is 16.2. The van der Waals surface area contributed by atoms with Gasteiger partial charge in [-0.1, -0.05) is 57.2 Å². The van der Waals surface area contributed by atoms with E-state index in [0.29, 0.717) is 0 Å². The summed E-state index contributed by atoms with van der Waals surface area (Å²) in [5, 5.41) is 9.10. The fourth-order valence-corrected chi connectivity index (χ4v) is 3.39. The van der Waals surface area contributed by atoms with Gasteiger partial charge in [-0.2, -0.15) is 0 Å². The molecule has 0 unspecified atom stereocenters. The maximum absolute atomic E-state index is 11.1. The Hall–Kier alpha value is -3.40. The molecule has 4 aromatic rings. The highest BCUT2D eigenvalue weighted by atomic mass is 16.4. The van der Waals surface area contributed by atoms with Gasteiger partial charge in [0, 0.05) is 11.3 Å². The van der Waals surface area contributed by atoms with E-state index in [1.807, 2.05) is 30.6 Å². The number of nitrogens with zero attached hydrogens (tertiary/aromatic N) is 2. The molecular formula is C24H22N2O2. The first kappa shape index (κ1) is 18.0. The van der Waals surface area contributed by atoms with Crippen LogP contribution in [-0.2, 0) is 5.41 Å². The Morgan fingerprint density at radius 2 is 1.61 bits per heavy atom. The zero-order valence-electron chi connectivity index (χ0n) is 16.2. The number of benzene rings is 3. The normalized spacial score (nSPS) is 11.7.